The summed E-state index contributed by atoms with van der Waals surface area (Å²) in [5, 5.41) is 57.9. The van der Waals surface area contributed by atoms with Crippen LogP contribution in [0.2, 0.25) is 0 Å². The Kier molecular flexibility index (Phi) is 16.2. The summed E-state index contributed by atoms with van der Waals surface area (Å²) < 4.78 is 105. The molecule has 0 spiro atoms. The van der Waals surface area contributed by atoms with Crippen LogP contribution < -0.4 is 42.6 Å². The lowest BCUT2D eigenvalue weighted by Crippen LogP contribution is -2.62. The molecule has 5 fully saturated rings. The zero-order valence-corrected chi connectivity index (χ0v) is 49.0. The molecule has 25 nitrogen and oxygen atoms in total. The normalized spacial score (nSPS) is 30.8. The summed E-state index contributed by atoms with van der Waals surface area (Å²) in [7, 11) is 5.72. The van der Waals surface area contributed by atoms with Crippen molar-refractivity contribution in [2.75, 3.05) is 61.8 Å². The molecule has 15 rings (SSSR count). The SMILES string of the molecule is C.COc1cc(-c2c3c(c(O[C@@H]4O[C@@H]5CO[C@@H](C)O[C@H]5[C@H](O)[C@H]4C)c4cc5c(cc24)OCO5)COC3=O)cc(OC)c1O.COc1cc(C2c3cc4c(cc3[C@@H](O[C@@H]3O[C@@H]5CO[C@@H](c6cccs6)O[C@H]5[C@H](O)[C@H]3O)[C@H]3COC(=O)[C@H]23)OCO4)cc(OC)c1O. The number of thiophene rings is 1. The third kappa shape index (κ3) is 10.3. The van der Waals surface area contributed by atoms with E-state index in [1.165, 1.54) is 39.8 Å². The van der Waals surface area contributed by atoms with Gasteiger partial charge in [-0.1, -0.05) is 20.4 Å². The lowest BCUT2D eigenvalue weighted by Gasteiger charge is -2.48. The van der Waals surface area contributed by atoms with Crippen LogP contribution in [-0.2, 0) is 54.0 Å². The minimum Gasteiger partial charge on any atom is -0.502 e. The highest BCUT2D eigenvalue weighted by atomic mass is 32.1. The molecule has 5 N–H and O–H groups in total. The number of cyclic esters (lactones) is 2. The number of aliphatic hydroxyl groups excluding tert-OH is 3. The summed E-state index contributed by atoms with van der Waals surface area (Å²) in [6.07, 6.45) is -10.5. The van der Waals surface area contributed by atoms with Gasteiger partial charge in [-0.25, -0.2) is 4.79 Å². The Balaban J connectivity index is 0.000000163. The second-order valence-corrected chi connectivity index (χ2v) is 23.4. The molecule has 9 heterocycles. The number of hydrogen-bond donors (Lipinski definition) is 5. The number of carbonyl (C=O) groups is 2. The number of aromatic hydroxyl groups is 2. The molecule has 0 saturated carbocycles. The van der Waals surface area contributed by atoms with Gasteiger partial charge in [-0.2, -0.15) is 0 Å². The Morgan fingerprint density at radius 2 is 1.20 bits per heavy atom. The zero-order chi connectivity index (χ0) is 61.0. The maximum Gasteiger partial charge on any atom is 0.339 e. The van der Waals surface area contributed by atoms with E-state index in [0.29, 0.717) is 72.9 Å². The fourth-order valence-corrected chi connectivity index (χ4v) is 13.9. The van der Waals surface area contributed by atoms with Crippen LogP contribution in [0.15, 0.2) is 66.0 Å². The van der Waals surface area contributed by atoms with Crippen molar-refractivity contribution in [1.82, 2.24) is 0 Å². The van der Waals surface area contributed by atoms with Gasteiger partial charge in [0.25, 0.3) is 0 Å². The number of fused-ring (bicyclic) bond motifs is 8. The Labute approximate surface area is 513 Å². The van der Waals surface area contributed by atoms with E-state index in [4.69, 9.17) is 85.3 Å². The molecule has 5 aromatic carbocycles. The lowest BCUT2D eigenvalue weighted by atomic mass is 9.66. The van der Waals surface area contributed by atoms with Crippen LogP contribution in [0.4, 0.5) is 0 Å². The highest BCUT2D eigenvalue weighted by Gasteiger charge is 2.57. The number of phenolic OH excluding ortho intramolecular Hbond substituents is 2. The molecule has 0 amide bonds. The molecule has 26 heteroatoms. The van der Waals surface area contributed by atoms with Crippen molar-refractivity contribution in [3.8, 4) is 74.4 Å². The van der Waals surface area contributed by atoms with Gasteiger partial charge in [0.2, 0.25) is 31.4 Å². The minimum absolute atomic E-state index is 0. The number of ether oxygens (including phenoxy) is 18. The average Bonchev–Trinajstić information content (AvgIpc) is 1.71. The van der Waals surface area contributed by atoms with Crippen molar-refractivity contribution in [2.45, 2.75) is 108 Å². The number of hydrogen-bond acceptors (Lipinski definition) is 26. The third-order valence-electron chi connectivity index (χ3n) is 17.6. The average molecular weight is 1260 g/mol. The first-order chi connectivity index (χ1) is 42.6. The summed E-state index contributed by atoms with van der Waals surface area (Å²) >= 11 is 1.46. The van der Waals surface area contributed by atoms with Crippen LogP contribution in [0.25, 0.3) is 21.9 Å². The van der Waals surface area contributed by atoms with Crippen LogP contribution in [0.3, 0.4) is 0 Å². The first kappa shape index (κ1) is 60.3. The van der Waals surface area contributed by atoms with Crippen molar-refractivity contribution in [3.05, 3.63) is 98.7 Å². The summed E-state index contributed by atoms with van der Waals surface area (Å²) in [6, 6.07) is 17.5. The van der Waals surface area contributed by atoms with Gasteiger partial charge in [-0.15, -0.1) is 11.3 Å². The number of rotatable bonds is 11. The van der Waals surface area contributed by atoms with Gasteiger partial charge in [0.1, 0.15) is 49.0 Å². The molecule has 5 saturated heterocycles. The lowest BCUT2D eigenvalue weighted by molar-refractivity contribution is -0.368. The molecule has 0 bridgehead atoms. The summed E-state index contributed by atoms with van der Waals surface area (Å²) in [5.41, 5.74) is 3.85. The van der Waals surface area contributed by atoms with E-state index in [0.717, 1.165) is 4.88 Å². The van der Waals surface area contributed by atoms with Gasteiger partial charge in [0, 0.05) is 34.3 Å². The quantitative estimate of drug-likeness (QED) is 0.0826. The number of phenols is 2. The Hall–Kier alpha value is -7.60. The molecule has 9 aliphatic rings. The third-order valence-corrected chi connectivity index (χ3v) is 18.5. The number of aliphatic hydroxyl groups is 3. The Bertz CT molecular complexity index is 3630. The van der Waals surface area contributed by atoms with E-state index >= 15 is 0 Å². The fraction of sp³-hybridized carbons (Fsp3) is 0.460. The van der Waals surface area contributed by atoms with Crippen LogP contribution >= 0.6 is 11.3 Å². The van der Waals surface area contributed by atoms with Gasteiger partial charge in [-0.05, 0) is 94.5 Å². The maximum absolute atomic E-state index is 13.5. The molecular formula is C63H66O25S. The van der Waals surface area contributed by atoms with Gasteiger partial charge in [-0.3, -0.25) is 4.79 Å². The Morgan fingerprint density at radius 1 is 0.607 bits per heavy atom. The molecule has 1 unspecified atom stereocenters. The van der Waals surface area contributed by atoms with E-state index in [9.17, 15) is 35.1 Å². The van der Waals surface area contributed by atoms with E-state index in [1.54, 1.807) is 49.4 Å². The molecule has 8 aliphatic heterocycles. The van der Waals surface area contributed by atoms with Gasteiger partial charge in [0.05, 0.1) is 76.8 Å². The second kappa shape index (κ2) is 24.0. The van der Waals surface area contributed by atoms with Gasteiger partial charge < -0.3 is 111 Å². The molecule has 6 aromatic rings. The summed E-state index contributed by atoms with van der Waals surface area (Å²) in [6.45, 7) is 3.98. The van der Waals surface area contributed by atoms with Gasteiger partial charge in [0.15, 0.2) is 64.9 Å². The predicted octanol–water partition coefficient (Wildman–Crippen LogP) is 6.88. The van der Waals surface area contributed by atoms with Crippen LogP contribution in [-0.4, -0.2) is 161 Å². The van der Waals surface area contributed by atoms with Crippen molar-refractivity contribution >= 4 is 34.0 Å². The maximum atomic E-state index is 13.5. The van der Waals surface area contributed by atoms with E-state index in [2.05, 4.69) is 0 Å². The number of carbonyl (C=O) groups excluding carboxylic acids is 2. The Morgan fingerprint density at radius 3 is 1.84 bits per heavy atom. The highest BCUT2D eigenvalue weighted by molar-refractivity contribution is 7.10. The molecule has 89 heavy (non-hydrogen) atoms. The largest absolute Gasteiger partial charge is 0.502 e. The zero-order valence-electron chi connectivity index (χ0n) is 48.1. The second-order valence-electron chi connectivity index (χ2n) is 22.4. The molecule has 16 atom stereocenters. The van der Waals surface area contributed by atoms with Crippen molar-refractivity contribution < 1.29 is 120 Å². The summed E-state index contributed by atoms with van der Waals surface area (Å²) in [4.78, 5) is 27.7. The highest BCUT2D eigenvalue weighted by Crippen LogP contribution is 2.58. The summed E-state index contributed by atoms with van der Waals surface area (Å²) in [5.74, 6) is -0.602. The standard InChI is InChI=1S/C32H32O13S.C30H30O12.CH4/c1-37-19-6-13(7-20(38-2)25(19)33)23-14-8-17-18(42-12-41-17)9-15(14)28(16-10-39-30(36)24(16)23)44-32-27(35)26(34)29-21(43-32)11-40-31(45-29)22-4-3-5-46-22;1-12-25(31)28-22(10-36-13(2)40-28)41-30(12)42-27-16-8-19-18(38-11-39-19)7-15(16)23(24-17(27)9-37-29(24)33)14-5-20(34-3)26(32)21(6-14)35-4;/h3-9,16,21,23-24,26-29,31-35H,10-12H2,1-2H3;5-8,12-13,22,25,28,30-32H,9-11H2,1-4H3;1H4/t16-,21+,23?,24-,26+,27+,28+,29+,31+,32-;12-,13-,22-,25-,28-,30+;/m01./s1. The fourth-order valence-electron chi connectivity index (χ4n) is 13.2. The van der Waals surface area contributed by atoms with E-state index < -0.39 is 110 Å². The van der Waals surface area contributed by atoms with Crippen molar-refractivity contribution in [1.29, 1.82) is 0 Å². The minimum atomic E-state index is -1.47. The van der Waals surface area contributed by atoms with Crippen molar-refractivity contribution in [2.24, 2.45) is 17.8 Å². The van der Waals surface area contributed by atoms with Crippen molar-refractivity contribution in [3.63, 3.8) is 0 Å². The monoisotopic (exact) mass is 1250 g/mol. The number of benzene rings is 5. The smallest absolute Gasteiger partial charge is 0.339 e. The number of methoxy groups -OCH3 is 4. The molecule has 474 valence electrons. The van der Waals surface area contributed by atoms with Gasteiger partial charge >= 0.3 is 11.9 Å². The van der Waals surface area contributed by atoms with E-state index in [1.807, 2.05) is 30.5 Å². The number of esters is 2. The van der Waals surface area contributed by atoms with Crippen LogP contribution in [0, 0.1) is 17.8 Å². The molecular weight excluding hydrogens is 1190 g/mol. The van der Waals surface area contributed by atoms with Crippen LogP contribution in [0.5, 0.6) is 63.2 Å². The first-order valence-corrected chi connectivity index (χ1v) is 29.4. The topological polar surface area (TPSA) is 301 Å². The van der Waals surface area contributed by atoms with Crippen LogP contribution in [0.1, 0.15) is 77.1 Å². The van der Waals surface area contributed by atoms with E-state index in [-0.39, 0.29) is 87.5 Å². The molecule has 0 radical (unpaired) electrons. The molecule has 1 aliphatic carbocycles. The first-order valence-electron chi connectivity index (χ1n) is 28.5. The molecule has 1 aromatic heterocycles. The predicted molar refractivity (Wildman–Crippen MR) is 307 cm³/mol.